The first-order valence-corrected chi connectivity index (χ1v) is 20.7. The van der Waals surface area contributed by atoms with E-state index in [1.165, 1.54) is 13.2 Å². The monoisotopic (exact) mass is 850 g/mol. The number of aliphatic hydroxyl groups excluding tert-OH is 1. The Kier molecular flexibility index (Phi) is 13.2. The van der Waals surface area contributed by atoms with Crippen molar-refractivity contribution in [2.75, 3.05) is 57.1 Å². The zero-order chi connectivity index (χ0) is 44.1. The molecule has 0 aliphatic carbocycles. The molecule has 1 unspecified atom stereocenters. The summed E-state index contributed by atoms with van der Waals surface area (Å²) in [5.41, 5.74) is 16.1. The number of ether oxygens (including phenoxy) is 2. The molecule has 0 radical (unpaired) electrons. The lowest BCUT2D eigenvalue weighted by Gasteiger charge is -2.27. The van der Waals surface area contributed by atoms with Gasteiger partial charge in [0, 0.05) is 70.0 Å². The van der Waals surface area contributed by atoms with E-state index in [0.717, 1.165) is 44.8 Å². The SMILES string of the molecule is CCn1nc(C)cc1C(=O)Nc1nc2cc(C(N)=O)cc(OC)c2n1C/C=C/Cn1c(NC(O)c2cc(C)nn2CC)nc2cc(C(N)=O)cc(OCCCN3CCNCC3)c21. The third-order valence-electron chi connectivity index (χ3n) is 10.7. The van der Waals surface area contributed by atoms with Gasteiger partial charge in [0.25, 0.3) is 5.91 Å². The second-order valence-electron chi connectivity index (χ2n) is 15.0. The van der Waals surface area contributed by atoms with Gasteiger partial charge in [0.05, 0.1) is 41.8 Å². The van der Waals surface area contributed by atoms with Crippen LogP contribution in [0.1, 0.15) is 74.8 Å². The molecule has 7 rings (SSSR count). The summed E-state index contributed by atoms with van der Waals surface area (Å²) >= 11 is 0. The number of anilines is 2. The Labute approximate surface area is 357 Å². The summed E-state index contributed by atoms with van der Waals surface area (Å²) in [6.45, 7) is 14.0. The van der Waals surface area contributed by atoms with Gasteiger partial charge in [-0.3, -0.25) is 29.1 Å². The Morgan fingerprint density at radius 3 is 2.05 bits per heavy atom. The highest BCUT2D eigenvalue weighted by atomic mass is 16.5. The highest BCUT2D eigenvalue weighted by Gasteiger charge is 2.24. The molecule has 62 heavy (non-hydrogen) atoms. The van der Waals surface area contributed by atoms with Crippen molar-refractivity contribution in [2.24, 2.45) is 11.5 Å². The van der Waals surface area contributed by atoms with E-state index in [1.807, 2.05) is 44.4 Å². The fraction of sp³-hybridized carbons (Fsp3) is 0.405. The van der Waals surface area contributed by atoms with E-state index in [-0.39, 0.29) is 30.2 Å². The largest absolute Gasteiger partial charge is 0.494 e. The van der Waals surface area contributed by atoms with Gasteiger partial charge in [-0.1, -0.05) is 12.2 Å². The molecular formula is C42H54N14O6. The van der Waals surface area contributed by atoms with Gasteiger partial charge in [0.2, 0.25) is 23.7 Å². The maximum atomic E-state index is 13.7. The number of carbonyl (C=O) groups is 3. The second-order valence-corrected chi connectivity index (χ2v) is 15.0. The van der Waals surface area contributed by atoms with Crippen molar-refractivity contribution in [3.63, 3.8) is 0 Å². The van der Waals surface area contributed by atoms with Gasteiger partial charge in [0.15, 0.2) is 6.23 Å². The molecule has 8 N–H and O–H groups in total. The maximum Gasteiger partial charge on any atom is 0.276 e. The van der Waals surface area contributed by atoms with Gasteiger partial charge in [-0.25, -0.2) is 9.97 Å². The number of nitrogens with zero attached hydrogens (tertiary/aromatic N) is 9. The van der Waals surface area contributed by atoms with E-state index in [2.05, 4.69) is 31.0 Å². The van der Waals surface area contributed by atoms with Crippen molar-refractivity contribution < 1.29 is 29.0 Å². The fourth-order valence-electron chi connectivity index (χ4n) is 7.71. The van der Waals surface area contributed by atoms with Crippen LogP contribution in [0.15, 0.2) is 48.6 Å². The Balaban J connectivity index is 1.25. The van der Waals surface area contributed by atoms with Crippen LogP contribution in [-0.4, -0.2) is 113 Å². The quantitative estimate of drug-likeness (QED) is 0.0390. The second kappa shape index (κ2) is 18.9. The molecule has 1 aliphatic rings. The number of allylic oxidation sites excluding steroid dienone is 2. The molecule has 1 saturated heterocycles. The molecule has 1 atom stereocenters. The third-order valence-corrected chi connectivity index (χ3v) is 10.7. The van der Waals surface area contributed by atoms with Gasteiger partial charge in [0.1, 0.15) is 28.2 Å². The standard InChI is InChI=1S/C42H54N14O6/c1-6-55-31(19-25(3)50-55)39(59)48-41-46-29-21-27(37(43)57)23-33(61-5)35(29)53(41)14-8-9-15-54-36-30(47-42(54)49-40(60)32-20-26(4)51-56(32)7-2)22-28(38(44)58)24-34(36)62-18-10-13-52-16-11-45-12-17-52/h8-9,19-24,40,45,60H,6-7,10-18H2,1-5H3,(H2,43,57)(H2,44,58)(H,47,49)(H,46,48,59)/b9-8+. The first kappa shape index (κ1) is 43.3. The van der Waals surface area contributed by atoms with Crippen LogP contribution in [0.4, 0.5) is 11.9 Å². The summed E-state index contributed by atoms with van der Waals surface area (Å²) in [5.74, 6) is -0.461. The Morgan fingerprint density at radius 1 is 0.839 bits per heavy atom. The lowest BCUT2D eigenvalue weighted by molar-refractivity contribution is 0.0991. The predicted octanol–water partition coefficient (Wildman–Crippen LogP) is 2.93. The van der Waals surface area contributed by atoms with Crippen molar-refractivity contribution >= 4 is 51.7 Å². The van der Waals surface area contributed by atoms with E-state index in [0.29, 0.717) is 76.3 Å². The van der Waals surface area contributed by atoms with Crippen LogP contribution in [0, 0.1) is 13.8 Å². The number of nitrogens with two attached hydrogens (primary N) is 2. The molecule has 5 heterocycles. The minimum absolute atomic E-state index is 0.193. The Hall–Kier alpha value is -6.77. The van der Waals surface area contributed by atoms with Gasteiger partial charge in [-0.05, 0) is 70.5 Å². The molecule has 0 bridgehead atoms. The topological polar surface area (TPSA) is 253 Å². The predicted molar refractivity (Wildman–Crippen MR) is 233 cm³/mol. The summed E-state index contributed by atoms with van der Waals surface area (Å²) in [4.78, 5) is 50.4. The first-order valence-electron chi connectivity index (χ1n) is 20.7. The van der Waals surface area contributed by atoms with E-state index >= 15 is 0 Å². The summed E-state index contributed by atoms with van der Waals surface area (Å²) < 4.78 is 19.1. The number of rotatable bonds is 19. The highest BCUT2D eigenvalue weighted by Crippen LogP contribution is 2.34. The van der Waals surface area contributed by atoms with Gasteiger partial charge >= 0.3 is 0 Å². The zero-order valence-corrected chi connectivity index (χ0v) is 35.6. The Morgan fingerprint density at radius 2 is 1.42 bits per heavy atom. The number of benzene rings is 2. The number of primary amides is 2. The number of nitrogens with one attached hydrogen (secondary N) is 3. The number of aliphatic hydroxyl groups is 1. The van der Waals surface area contributed by atoms with Gasteiger partial charge in [-0.2, -0.15) is 10.2 Å². The number of imidazole rings is 2. The molecule has 1 aliphatic heterocycles. The Bertz CT molecular complexity index is 2630. The molecule has 4 aromatic heterocycles. The van der Waals surface area contributed by atoms with Crippen molar-refractivity contribution in [2.45, 2.75) is 66.5 Å². The summed E-state index contributed by atoms with van der Waals surface area (Å²) in [7, 11) is 1.48. The lowest BCUT2D eigenvalue weighted by atomic mass is 10.1. The highest BCUT2D eigenvalue weighted by molar-refractivity contribution is 6.04. The van der Waals surface area contributed by atoms with Crippen LogP contribution in [0.25, 0.3) is 22.1 Å². The van der Waals surface area contributed by atoms with Crippen LogP contribution in [-0.2, 0) is 26.2 Å². The average Bonchev–Trinajstić information content (AvgIpc) is 4.03. The smallest absolute Gasteiger partial charge is 0.276 e. The number of amides is 3. The number of fused-ring (bicyclic) bond motifs is 2. The van der Waals surface area contributed by atoms with E-state index in [4.69, 9.17) is 30.9 Å². The number of hydrogen-bond donors (Lipinski definition) is 6. The lowest BCUT2D eigenvalue weighted by Crippen LogP contribution is -2.43. The van der Waals surface area contributed by atoms with Crippen LogP contribution in [0.2, 0.25) is 0 Å². The van der Waals surface area contributed by atoms with Crippen LogP contribution in [0.5, 0.6) is 11.5 Å². The van der Waals surface area contributed by atoms with E-state index in [1.54, 1.807) is 44.3 Å². The van der Waals surface area contributed by atoms with Crippen LogP contribution < -0.4 is 36.9 Å². The minimum Gasteiger partial charge on any atom is -0.494 e. The molecular weight excluding hydrogens is 797 g/mol. The van der Waals surface area contributed by atoms with Gasteiger partial charge < -0.3 is 50.7 Å². The minimum atomic E-state index is -1.19. The number of hydrogen-bond acceptors (Lipinski definition) is 13. The van der Waals surface area contributed by atoms with Crippen molar-refractivity contribution in [3.05, 3.63) is 82.5 Å². The summed E-state index contributed by atoms with van der Waals surface area (Å²) in [6.07, 6.45) is 3.34. The van der Waals surface area contributed by atoms with Crippen molar-refractivity contribution in [1.82, 2.24) is 48.9 Å². The molecule has 2 aromatic carbocycles. The van der Waals surface area contributed by atoms with Crippen LogP contribution in [0.3, 0.4) is 0 Å². The molecule has 328 valence electrons. The number of methoxy groups -OCH3 is 1. The van der Waals surface area contributed by atoms with Gasteiger partial charge in [-0.15, -0.1) is 0 Å². The van der Waals surface area contributed by atoms with E-state index < -0.39 is 23.9 Å². The average molecular weight is 851 g/mol. The zero-order valence-electron chi connectivity index (χ0n) is 35.6. The summed E-state index contributed by atoms with van der Waals surface area (Å²) in [6, 6.07) is 9.81. The molecule has 20 heteroatoms. The van der Waals surface area contributed by atoms with E-state index in [9.17, 15) is 19.5 Å². The van der Waals surface area contributed by atoms with Crippen molar-refractivity contribution in [1.29, 1.82) is 0 Å². The van der Waals surface area contributed by atoms with Crippen LogP contribution >= 0.6 is 0 Å². The third kappa shape index (κ3) is 9.26. The number of aromatic nitrogens is 8. The number of piperazine rings is 1. The molecule has 0 spiro atoms. The fourth-order valence-corrected chi connectivity index (χ4v) is 7.71. The molecule has 6 aromatic rings. The molecule has 3 amide bonds. The first-order chi connectivity index (χ1) is 29.9. The summed E-state index contributed by atoms with van der Waals surface area (Å²) in [5, 5.41) is 29.9. The molecule has 0 saturated carbocycles. The maximum absolute atomic E-state index is 13.7. The number of aryl methyl sites for hydroxylation is 4. The molecule has 20 nitrogen and oxygen atoms in total. The molecule has 1 fully saturated rings. The van der Waals surface area contributed by atoms with Crippen molar-refractivity contribution in [3.8, 4) is 11.5 Å². The number of carbonyl (C=O) groups excluding carboxylic acids is 3. The normalized spacial score (nSPS) is 13.9.